The third-order valence-corrected chi connectivity index (χ3v) is 3.89. The maximum atomic E-state index is 11.9. The lowest BCUT2D eigenvalue weighted by Gasteiger charge is -2.12. The summed E-state index contributed by atoms with van der Waals surface area (Å²) < 4.78 is 15.6. The second-order valence-electron chi connectivity index (χ2n) is 5.62. The molecule has 1 heterocycles. The van der Waals surface area contributed by atoms with Crippen molar-refractivity contribution in [3.8, 4) is 17.0 Å². The minimum absolute atomic E-state index is 0.148. The number of rotatable bonds is 6. The molecule has 6 heteroatoms. The molecule has 6 nitrogen and oxygen atoms in total. The van der Waals surface area contributed by atoms with Crippen LogP contribution >= 0.6 is 0 Å². The highest BCUT2D eigenvalue weighted by molar-refractivity contribution is 5.99. The zero-order chi connectivity index (χ0) is 18.5. The van der Waals surface area contributed by atoms with Gasteiger partial charge in [0, 0.05) is 24.6 Å². The summed E-state index contributed by atoms with van der Waals surface area (Å²) in [6, 6.07) is 13.4. The predicted octanol–water partition coefficient (Wildman–Crippen LogP) is 3.64. The summed E-state index contributed by atoms with van der Waals surface area (Å²) in [5.41, 5.74) is 8.14. The Kier molecular flexibility index (Phi) is 5.34. The molecule has 0 saturated heterocycles. The summed E-state index contributed by atoms with van der Waals surface area (Å²) in [7, 11) is 1.57. The summed E-state index contributed by atoms with van der Waals surface area (Å²) in [6.45, 7) is 2.17. The van der Waals surface area contributed by atoms with Gasteiger partial charge in [-0.3, -0.25) is 4.98 Å². The number of hydrogen-bond donors (Lipinski definition) is 1. The number of methoxy groups -OCH3 is 1. The van der Waals surface area contributed by atoms with Crippen molar-refractivity contribution >= 4 is 22.4 Å². The lowest BCUT2D eigenvalue weighted by molar-refractivity contribution is 0.0511. The maximum Gasteiger partial charge on any atom is 0.341 e. The third-order valence-electron chi connectivity index (χ3n) is 3.89. The number of nitrogens with zero attached hydrogens (tertiary/aromatic N) is 1. The molecule has 3 rings (SSSR count). The molecule has 0 aliphatic carbocycles. The molecule has 0 saturated carbocycles. The number of nitrogen functional groups attached to an aromatic ring is 1. The number of benzene rings is 2. The van der Waals surface area contributed by atoms with Crippen molar-refractivity contribution in [1.29, 1.82) is 0 Å². The first-order chi connectivity index (χ1) is 12.6. The Balaban J connectivity index is 2.09. The van der Waals surface area contributed by atoms with Crippen LogP contribution < -0.4 is 10.5 Å². The van der Waals surface area contributed by atoms with E-state index in [9.17, 15) is 4.79 Å². The van der Waals surface area contributed by atoms with E-state index < -0.39 is 5.97 Å². The van der Waals surface area contributed by atoms with Gasteiger partial charge in [-0.1, -0.05) is 24.3 Å². The van der Waals surface area contributed by atoms with Crippen LogP contribution in [0.1, 0.15) is 17.3 Å². The molecule has 0 unspecified atom stereocenters. The fraction of sp³-hybridized carbons (Fsp3) is 0.200. The highest BCUT2D eigenvalue weighted by Gasteiger charge is 2.15. The van der Waals surface area contributed by atoms with E-state index in [0.717, 1.165) is 16.3 Å². The Hall–Kier alpha value is -3.12. The fourth-order valence-corrected chi connectivity index (χ4v) is 2.70. The van der Waals surface area contributed by atoms with E-state index in [1.165, 1.54) is 6.20 Å². The zero-order valence-electron chi connectivity index (χ0n) is 14.7. The van der Waals surface area contributed by atoms with Crippen LogP contribution in [-0.2, 0) is 9.47 Å². The number of carbonyl (C=O) groups excluding carboxylic acids is 1. The van der Waals surface area contributed by atoms with Gasteiger partial charge < -0.3 is 19.9 Å². The van der Waals surface area contributed by atoms with E-state index >= 15 is 0 Å². The molecule has 26 heavy (non-hydrogen) atoms. The average Bonchev–Trinajstić information content (AvgIpc) is 2.65. The molecule has 0 aliphatic rings. The highest BCUT2D eigenvalue weighted by Crippen LogP contribution is 2.33. The van der Waals surface area contributed by atoms with Crippen molar-refractivity contribution in [2.75, 3.05) is 26.2 Å². The van der Waals surface area contributed by atoms with Gasteiger partial charge in [-0.05, 0) is 35.9 Å². The van der Waals surface area contributed by atoms with E-state index in [-0.39, 0.29) is 19.0 Å². The summed E-state index contributed by atoms with van der Waals surface area (Å²) in [4.78, 5) is 16.3. The van der Waals surface area contributed by atoms with E-state index in [2.05, 4.69) is 4.98 Å². The molecule has 0 radical (unpaired) electrons. The average molecular weight is 352 g/mol. The first-order valence-electron chi connectivity index (χ1n) is 8.21. The van der Waals surface area contributed by atoms with E-state index in [4.69, 9.17) is 19.9 Å². The van der Waals surface area contributed by atoms with Crippen molar-refractivity contribution in [3.63, 3.8) is 0 Å². The Morgan fingerprint density at radius 1 is 1.19 bits per heavy atom. The van der Waals surface area contributed by atoms with Crippen LogP contribution in [0.4, 0.5) is 5.69 Å². The molecule has 0 bridgehead atoms. The molecule has 0 aliphatic heterocycles. The van der Waals surface area contributed by atoms with Crippen LogP contribution in [-0.4, -0.2) is 31.5 Å². The number of hydrogen-bond acceptors (Lipinski definition) is 6. The van der Waals surface area contributed by atoms with Crippen molar-refractivity contribution in [3.05, 3.63) is 54.2 Å². The molecule has 0 spiro atoms. The van der Waals surface area contributed by atoms with Gasteiger partial charge in [-0.15, -0.1) is 0 Å². The van der Waals surface area contributed by atoms with Crippen LogP contribution in [0.2, 0.25) is 0 Å². The maximum absolute atomic E-state index is 11.9. The minimum atomic E-state index is -0.480. The van der Waals surface area contributed by atoms with Gasteiger partial charge in [0.1, 0.15) is 11.3 Å². The number of fused-ring (bicyclic) bond motifs is 1. The van der Waals surface area contributed by atoms with Gasteiger partial charge in [-0.25, -0.2) is 4.79 Å². The van der Waals surface area contributed by atoms with Crippen molar-refractivity contribution in [2.45, 2.75) is 6.92 Å². The standard InChI is InChI=1S/C20H20N2O4/c1-3-25-20(23)17-11-22-19(10-18(17)21)16-9-14(26-12-24-2)8-13-6-4-5-7-15(13)16/h4-11H,3,12H2,1-2H3,(H2,21,22). The minimum Gasteiger partial charge on any atom is -0.468 e. The van der Waals surface area contributed by atoms with E-state index in [1.54, 1.807) is 20.1 Å². The van der Waals surface area contributed by atoms with Gasteiger partial charge in [0.15, 0.2) is 6.79 Å². The van der Waals surface area contributed by atoms with Gasteiger partial charge in [0.05, 0.1) is 12.3 Å². The van der Waals surface area contributed by atoms with Crippen LogP contribution in [0.25, 0.3) is 22.0 Å². The number of anilines is 1. The number of pyridine rings is 1. The van der Waals surface area contributed by atoms with Gasteiger partial charge >= 0.3 is 5.97 Å². The SMILES string of the molecule is CCOC(=O)c1cnc(-c2cc(OCOC)cc3ccccc23)cc1N. The second-order valence-corrected chi connectivity index (χ2v) is 5.62. The third kappa shape index (κ3) is 3.60. The zero-order valence-corrected chi connectivity index (χ0v) is 14.7. The van der Waals surface area contributed by atoms with Gasteiger partial charge in [0.25, 0.3) is 0 Å². The first kappa shape index (κ1) is 17.7. The number of ether oxygens (including phenoxy) is 3. The predicted molar refractivity (Wildman–Crippen MR) is 100 cm³/mol. The molecule has 3 aromatic rings. The number of aromatic nitrogens is 1. The molecule has 0 atom stereocenters. The molecule has 134 valence electrons. The fourth-order valence-electron chi connectivity index (χ4n) is 2.70. The summed E-state index contributed by atoms with van der Waals surface area (Å²) in [5.74, 6) is 0.182. The van der Waals surface area contributed by atoms with Gasteiger partial charge in [0.2, 0.25) is 0 Å². The Morgan fingerprint density at radius 2 is 2.00 bits per heavy atom. The van der Waals surface area contributed by atoms with Crippen molar-refractivity contribution in [2.24, 2.45) is 0 Å². The van der Waals surface area contributed by atoms with E-state index in [1.807, 2.05) is 36.4 Å². The Bertz CT molecular complexity index is 940. The van der Waals surface area contributed by atoms with Gasteiger partial charge in [-0.2, -0.15) is 0 Å². The molecular formula is C20H20N2O4. The lowest BCUT2D eigenvalue weighted by Crippen LogP contribution is -2.09. The van der Waals surface area contributed by atoms with Crippen LogP contribution in [0, 0.1) is 0 Å². The second kappa shape index (κ2) is 7.84. The van der Waals surface area contributed by atoms with Crippen LogP contribution in [0.3, 0.4) is 0 Å². The number of esters is 1. The van der Waals surface area contributed by atoms with Crippen molar-refractivity contribution < 1.29 is 19.0 Å². The number of nitrogens with two attached hydrogens (primary N) is 1. The summed E-state index contributed by atoms with van der Waals surface area (Å²) in [6.07, 6.45) is 1.44. The smallest absolute Gasteiger partial charge is 0.341 e. The highest BCUT2D eigenvalue weighted by atomic mass is 16.7. The molecular weight excluding hydrogens is 332 g/mol. The molecule has 1 aromatic heterocycles. The summed E-state index contributed by atoms with van der Waals surface area (Å²) >= 11 is 0. The van der Waals surface area contributed by atoms with Crippen LogP contribution in [0.5, 0.6) is 5.75 Å². The topological polar surface area (TPSA) is 83.7 Å². The molecule has 0 amide bonds. The first-order valence-corrected chi connectivity index (χ1v) is 8.21. The molecule has 0 fully saturated rings. The Morgan fingerprint density at radius 3 is 2.73 bits per heavy atom. The quantitative estimate of drug-likeness (QED) is 0.538. The molecule has 2 N–H and O–H groups in total. The molecule has 2 aromatic carbocycles. The monoisotopic (exact) mass is 352 g/mol. The number of carbonyl (C=O) groups is 1. The van der Waals surface area contributed by atoms with Crippen LogP contribution in [0.15, 0.2) is 48.7 Å². The lowest BCUT2D eigenvalue weighted by atomic mass is 10.0. The summed E-state index contributed by atoms with van der Waals surface area (Å²) in [5, 5.41) is 2.01. The normalized spacial score (nSPS) is 10.7. The van der Waals surface area contributed by atoms with Crippen molar-refractivity contribution in [1.82, 2.24) is 4.98 Å². The largest absolute Gasteiger partial charge is 0.468 e. The Labute approximate surface area is 151 Å². The van der Waals surface area contributed by atoms with E-state index in [0.29, 0.717) is 17.1 Å².